The van der Waals surface area contributed by atoms with Gasteiger partial charge in [-0.1, -0.05) is 0 Å². The van der Waals surface area contributed by atoms with Crippen LogP contribution in [0.4, 0.5) is 8.78 Å². The van der Waals surface area contributed by atoms with Crippen molar-refractivity contribution >= 4 is 0 Å². The molecule has 0 heterocycles. The summed E-state index contributed by atoms with van der Waals surface area (Å²) in [5.74, 6) is 0. The summed E-state index contributed by atoms with van der Waals surface area (Å²) in [5, 5.41) is 2.91. The van der Waals surface area contributed by atoms with Crippen LogP contribution in [0.2, 0.25) is 0 Å². The maximum Gasteiger partial charge on any atom is 0.253 e. The Kier molecular flexibility index (Phi) is 4.06. The summed E-state index contributed by atoms with van der Waals surface area (Å²) >= 11 is 0. The molecule has 13 heavy (non-hydrogen) atoms. The van der Waals surface area contributed by atoms with Crippen molar-refractivity contribution in [2.24, 2.45) is 0 Å². The van der Waals surface area contributed by atoms with Gasteiger partial charge >= 0.3 is 0 Å². The van der Waals surface area contributed by atoms with Gasteiger partial charge in [0, 0.05) is 13.2 Å². The van der Waals surface area contributed by atoms with Crippen LogP contribution in [0.5, 0.6) is 0 Å². The molecule has 0 spiro atoms. The number of hydrogen-bond acceptors (Lipinski definition) is 2. The highest BCUT2D eigenvalue weighted by atomic mass is 19.3. The minimum atomic E-state index is -2.28. The molecule has 0 aromatic heterocycles. The quantitative estimate of drug-likeness (QED) is 0.735. The largest absolute Gasteiger partial charge is 0.381 e. The molecule has 1 aliphatic rings. The lowest BCUT2D eigenvalue weighted by Crippen LogP contribution is -2.39. The molecule has 0 bridgehead atoms. The van der Waals surface area contributed by atoms with E-state index in [9.17, 15) is 8.78 Å². The summed E-state index contributed by atoms with van der Waals surface area (Å²) in [6, 6.07) is -0.505. The molecule has 0 amide bonds. The van der Waals surface area contributed by atoms with Crippen molar-refractivity contribution in [1.82, 2.24) is 5.32 Å². The van der Waals surface area contributed by atoms with Crippen LogP contribution in [0.1, 0.15) is 26.2 Å². The zero-order valence-electron chi connectivity index (χ0n) is 8.09. The predicted octanol–water partition coefficient (Wildman–Crippen LogP) is 1.80. The van der Waals surface area contributed by atoms with Crippen molar-refractivity contribution < 1.29 is 13.5 Å². The second-order valence-electron chi connectivity index (χ2n) is 3.66. The topological polar surface area (TPSA) is 21.3 Å². The van der Waals surface area contributed by atoms with Gasteiger partial charge in [-0.3, -0.25) is 0 Å². The number of halogens is 2. The van der Waals surface area contributed by atoms with Crippen LogP contribution in [0.25, 0.3) is 0 Å². The summed E-state index contributed by atoms with van der Waals surface area (Å²) in [7, 11) is 1.67. The Morgan fingerprint density at radius 2 is 2.08 bits per heavy atom. The van der Waals surface area contributed by atoms with Gasteiger partial charge in [0.25, 0.3) is 6.43 Å². The lowest BCUT2D eigenvalue weighted by atomic mass is 10.2. The van der Waals surface area contributed by atoms with E-state index in [1.165, 1.54) is 6.92 Å². The van der Waals surface area contributed by atoms with Gasteiger partial charge < -0.3 is 10.1 Å². The van der Waals surface area contributed by atoms with Crippen LogP contribution in [0, 0.1) is 0 Å². The van der Waals surface area contributed by atoms with Crippen LogP contribution in [0.15, 0.2) is 0 Å². The van der Waals surface area contributed by atoms with Crippen molar-refractivity contribution in [2.45, 2.75) is 50.8 Å². The van der Waals surface area contributed by atoms with Crippen molar-refractivity contribution in [3.63, 3.8) is 0 Å². The van der Waals surface area contributed by atoms with Crippen LogP contribution >= 0.6 is 0 Å². The van der Waals surface area contributed by atoms with Gasteiger partial charge in [-0.05, 0) is 26.2 Å². The lowest BCUT2D eigenvalue weighted by Gasteiger charge is -2.18. The monoisotopic (exact) mass is 193 g/mol. The summed E-state index contributed by atoms with van der Waals surface area (Å²) in [4.78, 5) is 0. The zero-order valence-corrected chi connectivity index (χ0v) is 8.09. The SMILES string of the molecule is COC1CCC(NC(C)C(F)F)C1. The average molecular weight is 193 g/mol. The molecule has 1 fully saturated rings. The third kappa shape index (κ3) is 3.19. The molecule has 1 aliphatic carbocycles. The fourth-order valence-electron chi connectivity index (χ4n) is 1.75. The third-order valence-electron chi connectivity index (χ3n) is 2.59. The Balaban J connectivity index is 2.23. The first-order chi connectivity index (χ1) is 6.13. The van der Waals surface area contributed by atoms with E-state index in [4.69, 9.17) is 4.74 Å². The number of nitrogens with one attached hydrogen (secondary N) is 1. The molecule has 1 N–H and O–H groups in total. The van der Waals surface area contributed by atoms with E-state index in [-0.39, 0.29) is 12.1 Å². The molecule has 0 saturated heterocycles. The van der Waals surface area contributed by atoms with Crippen LogP contribution in [0.3, 0.4) is 0 Å². The normalized spacial score (nSPS) is 31.2. The highest BCUT2D eigenvalue weighted by Gasteiger charge is 2.27. The minimum Gasteiger partial charge on any atom is -0.381 e. The average Bonchev–Trinajstić information content (AvgIpc) is 2.52. The van der Waals surface area contributed by atoms with Gasteiger partial charge in [0.15, 0.2) is 0 Å². The van der Waals surface area contributed by atoms with Gasteiger partial charge in [0.05, 0.1) is 12.1 Å². The van der Waals surface area contributed by atoms with E-state index < -0.39 is 12.5 Å². The first kappa shape index (κ1) is 10.9. The van der Waals surface area contributed by atoms with Crippen LogP contribution < -0.4 is 5.32 Å². The summed E-state index contributed by atoms with van der Waals surface area (Å²) in [6.07, 6.45) is 0.747. The first-order valence-electron chi connectivity index (χ1n) is 4.70. The molecule has 0 aromatic carbocycles. The molecule has 3 atom stereocenters. The van der Waals surface area contributed by atoms with Crippen molar-refractivity contribution in [3.05, 3.63) is 0 Å². The highest BCUT2D eigenvalue weighted by molar-refractivity contribution is 4.83. The number of hydrogen-bond donors (Lipinski definition) is 1. The molecule has 78 valence electrons. The highest BCUT2D eigenvalue weighted by Crippen LogP contribution is 2.22. The molecular formula is C9H17F2NO. The maximum atomic E-state index is 12.2. The zero-order chi connectivity index (χ0) is 9.84. The predicted molar refractivity (Wildman–Crippen MR) is 47.0 cm³/mol. The maximum absolute atomic E-state index is 12.2. The molecule has 0 radical (unpaired) electrons. The second kappa shape index (κ2) is 4.86. The minimum absolute atomic E-state index is 0.203. The van der Waals surface area contributed by atoms with Crippen molar-refractivity contribution in [1.29, 1.82) is 0 Å². The molecule has 2 nitrogen and oxygen atoms in total. The van der Waals surface area contributed by atoms with Gasteiger partial charge in [-0.2, -0.15) is 0 Å². The van der Waals surface area contributed by atoms with E-state index in [0.717, 1.165) is 19.3 Å². The summed E-state index contributed by atoms with van der Waals surface area (Å²) in [6.45, 7) is 1.52. The Labute approximate surface area is 77.6 Å². The number of rotatable bonds is 4. The number of ether oxygens (including phenoxy) is 1. The van der Waals surface area contributed by atoms with E-state index in [1.807, 2.05) is 0 Å². The standard InChI is InChI=1S/C9H17F2NO/c1-6(9(10)11)12-7-3-4-8(5-7)13-2/h6-9,12H,3-5H2,1-2H3. The first-order valence-corrected chi connectivity index (χ1v) is 4.70. The third-order valence-corrected chi connectivity index (χ3v) is 2.59. The molecule has 0 aliphatic heterocycles. The molecule has 1 saturated carbocycles. The van der Waals surface area contributed by atoms with E-state index in [0.29, 0.717) is 0 Å². The van der Waals surface area contributed by atoms with E-state index in [1.54, 1.807) is 7.11 Å². The molecule has 4 heteroatoms. The van der Waals surface area contributed by atoms with Crippen molar-refractivity contribution in [3.8, 4) is 0 Å². The van der Waals surface area contributed by atoms with E-state index in [2.05, 4.69) is 5.32 Å². The summed E-state index contributed by atoms with van der Waals surface area (Å²) < 4.78 is 29.5. The fourth-order valence-corrected chi connectivity index (χ4v) is 1.75. The smallest absolute Gasteiger partial charge is 0.253 e. The van der Waals surface area contributed by atoms with Crippen LogP contribution in [-0.2, 0) is 4.74 Å². The molecule has 3 unspecified atom stereocenters. The second-order valence-corrected chi connectivity index (χ2v) is 3.66. The Morgan fingerprint density at radius 1 is 1.38 bits per heavy atom. The number of methoxy groups -OCH3 is 1. The fraction of sp³-hybridized carbons (Fsp3) is 1.00. The molecule has 1 rings (SSSR count). The number of alkyl halides is 2. The van der Waals surface area contributed by atoms with E-state index >= 15 is 0 Å². The van der Waals surface area contributed by atoms with Crippen molar-refractivity contribution in [2.75, 3.05) is 7.11 Å². The van der Waals surface area contributed by atoms with Gasteiger partial charge in [0.1, 0.15) is 0 Å². The Hall–Kier alpha value is -0.220. The van der Waals surface area contributed by atoms with Gasteiger partial charge in [-0.15, -0.1) is 0 Å². The lowest BCUT2D eigenvalue weighted by molar-refractivity contribution is 0.0909. The van der Waals surface area contributed by atoms with Crippen LogP contribution in [-0.4, -0.2) is 31.7 Å². The molecule has 0 aromatic rings. The van der Waals surface area contributed by atoms with Gasteiger partial charge in [0.2, 0.25) is 0 Å². The van der Waals surface area contributed by atoms with Gasteiger partial charge in [-0.25, -0.2) is 8.78 Å². The summed E-state index contributed by atoms with van der Waals surface area (Å²) in [5.41, 5.74) is 0. The molecular weight excluding hydrogens is 176 g/mol. The Morgan fingerprint density at radius 3 is 2.54 bits per heavy atom. The Bertz CT molecular complexity index is 155.